The molecule has 3 heterocycles. The third-order valence-electron chi connectivity index (χ3n) is 8.37. The van der Waals surface area contributed by atoms with Crippen molar-refractivity contribution < 1.29 is 17.7 Å². The average molecular weight is 570 g/mol. The molecule has 0 atom stereocenters. The number of fused-ring (bicyclic) bond motifs is 1. The molecule has 0 N–H and O–H groups in total. The molecule has 1 aliphatic heterocycles. The zero-order valence-electron chi connectivity index (χ0n) is 20.9. The predicted octanol–water partition coefficient (Wildman–Crippen LogP) is 9.17. The maximum absolute atomic E-state index is 13.6. The number of piperidine rings is 1. The van der Waals surface area contributed by atoms with E-state index < -0.39 is 11.7 Å². The number of halogens is 5. The Hall–Kier alpha value is -3.03. The van der Waals surface area contributed by atoms with Gasteiger partial charge in [-0.25, -0.2) is 0 Å². The van der Waals surface area contributed by atoms with E-state index in [4.69, 9.17) is 27.7 Å². The van der Waals surface area contributed by atoms with E-state index in [2.05, 4.69) is 21.1 Å². The maximum Gasteiger partial charge on any atom is 0.417 e. The zero-order valence-corrected chi connectivity index (χ0v) is 22.4. The standard InChI is InChI=1S/C30H24Cl2F3N3O/c31-22-2-1-3-23(32)26(22)27-25(28(39-37-27)17-4-5-17)18-15-29(16-18)9-12-38(13-10-29)19-6-7-24-20(14-19)21(8-11-36-24)30(33,34)35/h1-3,6-8,11,14-15,17H,4-5,9-10,12-13,16H2. The van der Waals surface area contributed by atoms with Crippen LogP contribution in [0.15, 0.2) is 59.3 Å². The summed E-state index contributed by atoms with van der Waals surface area (Å²) >= 11 is 13.1. The van der Waals surface area contributed by atoms with Crippen LogP contribution in [0, 0.1) is 5.41 Å². The van der Waals surface area contributed by atoms with Crippen LogP contribution in [0.3, 0.4) is 0 Å². The third kappa shape index (κ3) is 4.30. The minimum absolute atomic E-state index is 0.0566. The van der Waals surface area contributed by atoms with Gasteiger partial charge < -0.3 is 9.42 Å². The number of aromatic nitrogens is 2. The molecular formula is C30H24Cl2F3N3O. The highest BCUT2D eigenvalue weighted by Crippen LogP contribution is 2.56. The fraction of sp³-hybridized carbons (Fsp3) is 0.333. The number of pyridine rings is 1. The minimum Gasteiger partial charge on any atom is -0.371 e. The molecule has 9 heteroatoms. The monoisotopic (exact) mass is 569 g/mol. The molecule has 2 aromatic carbocycles. The first kappa shape index (κ1) is 25.0. The van der Waals surface area contributed by atoms with Gasteiger partial charge in [0.2, 0.25) is 0 Å². The second-order valence-corrected chi connectivity index (χ2v) is 11.7. The smallest absolute Gasteiger partial charge is 0.371 e. The van der Waals surface area contributed by atoms with Crippen molar-refractivity contribution in [2.75, 3.05) is 18.0 Å². The van der Waals surface area contributed by atoms with Gasteiger partial charge in [0.05, 0.1) is 21.1 Å². The van der Waals surface area contributed by atoms with Crippen LogP contribution in [0.5, 0.6) is 0 Å². The number of alkyl halides is 3. The molecule has 39 heavy (non-hydrogen) atoms. The Morgan fingerprint density at radius 1 is 0.974 bits per heavy atom. The van der Waals surface area contributed by atoms with Crippen molar-refractivity contribution in [3.63, 3.8) is 0 Å². The summed E-state index contributed by atoms with van der Waals surface area (Å²) in [7, 11) is 0. The van der Waals surface area contributed by atoms with E-state index >= 15 is 0 Å². The van der Waals surface area contributed by atoms with Crippen LogP contribution in [0.2, 0.25) is 10.0 Å². The SMILES string of the molecule is FC(F)(F)c1ccnc2ccc(N3CCC4(C=C(c5c(-c6c(Cl)cccc6Cl)noc5C5CC5)C4)CC3)cc12. The van der Waals surface area contributed by atoms with Crippen LogP contribution < -0.4 is 4.90 Å². The summed E-state index contributed by atoms with van der Waals surface area (Å²) in [5.41, 5.74) is 4.20. The number of rotatable bonds is 4. The second-order valence-electron chi connectivity index (χ2n) is 10.9. The highest BCUT2D eigenvalue weighted by atomic mass is 35.5. The average Bonchev–Trinajstić information content (AvgIpc) is 3.65. The molecule has 200 valence electrons. The van der Waals surface area contributed by atoms with Gasteiger partial charge in [0, 0.05) is 47.4 Å². The Balaban J connectivity index is 1.15. The molecular weight excluding hydrogens is 546 g/mol. The van der Waals surface area contributed by atoms with Crippen LogP contribution in [-0.4, -0.2) is 23.2 Å². The van der Waals surface area contributed by atoms with Crippen molar-refractivity contribution >= 4 is 45.4 Å². The van der Waals surface area contributed by atoms with Gasteiger partial charge in [-0.2, -0.15) is 13.2 Å². The molecule has 0 bridgehead atoms. The van der Waals surface area contributed by atoms with Gasteiger partial charge in [0.15, 0.2) is 0 Å². The molecule has 1 spiro atoms. The van der Waals surface area contributed by atoms with Gasteiger partial charge in [-0.05, 0) is 79.5 Å². The van der Waals surface area contributed by atoms with Crippen molar-refractivity contribution in [1.82, 2.24) is 10.1 Å². The third-order valence-corrected chi connectivity index (χ3v) is 9.00. The molecule has 0 unspecified atom stereocenters. The first-order chi connectivity index (χ1) is 18.7. The maximum atomic E-state index is 13.6. The zero-order chi connectivity index (χ0) is 26.9. The molecule has 2 aromatic heterocycles. The normalized spacial score (nSPS) is 18.9. The largest absolute Gasteiger partial charge is 0.417 e. The Kier molecular flexibility index (Phi) is 5.76. The Morgan fingerprint density at radius 2 is 1.69 bits per heavy atom. The van der Waals surface area contributed by atoms with Crippen LogP contribution >= 0.6 is 23.2 Å². The Morgan fingerprint density at radius 3 is 2.36 bits per heavy atom. The summed E-state index contributed by atoms with van der Waals surface area (Å²) in [6, 6.07) is 11.7. The second kappa shape index (κ2) is 9.00. The van der Waals surface area contributed by atoms with Crippen molar-refractivity contribution in [2.24, 2.45) is 5.41 Å². The van der Waals surface area contributed by atoms with Gasteiger partial charge in [0.1, 0.15) is 11.5 Å². The predicted molar refractivity (Wildman–Crippen MR) is 147 cm³/mol. The van der Waals surface area contributed by atoms with Crippen molar-refractivity contribution in [3.05, 3.63) is 81.7 Å². The lowest BCUT2D eigenvalue weighted by atomic mass is 9.63. The van der Waals surface area contributed by atoms with E-state index in [1.165, 1.54) is 11.8 Å². The summed E-state index contributed by atoms with van der Waals surface area (Å²) < 4.78 is 46.6. The summed E-state index contributed by atoms with van der Waals surface area (Å²) in [4.78, 5) is 6.30. The van der Waals surface area contributed by atoms with E-state index in [1.807, 2.05) is 24.3 Å². The van der Waals surface area contributed by atoms with Gasteiger partial charge in [-0.3, -0.25) is 4.98 Å². The molecule has 0 radical (unpaired) electrons. The van der Waals surface area contributed by atoms with Crippen molar-refractivity contribution in [1.29, 1.82) is 0 Å². The molecule has 4 aromatic rings. The number of allylic oxidation sites excluding steroid dienone is 2. The van der Waals surface area contributed by atoms with E-state index in [-0.39, 0.29) is 10.8 Å². The number of nitrogens with zero attached hydrogens (tertiary/aromatic N) is 3. The van der Waals surface area contributed by atoms with Gasteiger partial charge in [-0.15, -0.1) is 0 Å². The first-order valence-corrected chi connectivity index (χ1v) is 13.8. The summed E-state index contributed by atoms with van der Waals surface area (Å²) in [5.74, 6) is 1.30. The number of hydrogen-bond donors (Lipinski definition) is 0. The molecule has 1 saturated heterocycles. The quantitative estimate of drug-likeness (QED) is 0.245. The summed E-state index contributed by atoms with van der Waals surface area (Å²) in [6.07, 6.45) is 4.04. The van der Waals surface area contributed by atoms with Gasteiger partial charge in [0.25, 0.3) is 0 Å². The van der Waals surface area contributed by atoms with Crippen LogP contribution in [-0.2, 0) is 6.18 Å². The fourth-order valence-corrected chi connectivity index (χ4v) is 6.70. The highest BCUT2D eigenvalue weighted by molar-refractivity contribution is 6.39. The summed E-state index contributed by atoms with van der Waals surface area (Å²) in [5, 5.41) is 5.65. The molecule has 2 fully saturated rings. The fourth-order valence-electron chi connectivity index (χ4n) is 6.12. The Bertz CT molecular complexity index is 1610. The number of anilines is 1. The lowest BCUT2D eigenvalue weighted by molar-refractivity contribution is -0.136. The van der Waals surface area contributed by atoms with Crippen molar-refractivity contribution in [2.45, 2.75) is 44.2 Å². The van der Waals surface area contributed by atoms with Crippen LogP contribution in [0.25, 0.3) is 27.7 Å². The molecule has 4 nitrogen and oxygen atoms in total. The number of benzene rings is 2. The molecule has 2 aliphatic carbocycles. The Labute approximate surface area is 233 Å². The van der Waals surface area contributed by atoms with Gasteiger partial charge in [-0.1, -0.05) is 40.5 Å². The van der Waals surface area contributed by atoms with Crippen molar-refractivity contribution in [3.8, 4) is 11.3 Å². The molecule has 0 amide bonds. The van der Waals surface area contributed by atoms with Gasteiger partial charge >= 0.3 is 6.18 Å². The van der Waals surface area contributed by atoms with E-state index in [0.29, 0.717) is 32.7 Å². The summed E-state index contributed by atoms with van der Waals surface area (Å²) in [6.45, 7) is 1.53. The van der Waals surface area contributed by atoms with E-state index in [9.17, 15) is 13.2 Å². The lowest BCUT2D eigenvalue weighted by Gasteiger charge is -2.47. The first-order valence-electron chi connectivity index (χ1n) is 13.1. The van der Waals surface area contributed by atoms with Crippen LogP contribution in [0.1, 0.15) is 54.9 Å². The van der Waals surface area contributed by atoms with E-state index in [0.717, 1.165) is 68.3 Å². The molecule has 7 rings (SSSR count). The minimum atomic E-state index is -4.42. The lowest BCUT2D eigenvalue weighted by Crippen LogP contribution is -2.42. The van der Waals surface area contributed by atoms with E-state index in [1.54, 1.807) is 12.1 Å². The topological polar surface area (TPSA) is 42.2 Å². The highest BCUT2D eigenvalue weighted by Gasteiger charge is 2.44. The number of hydrogen-bond acceptors (Lipinski definition) is 4. The molecule has 3 aliphatic rings. The van der Waals surface area contributed by atoms with Crippen LogP contribution in [0.4, 0.5) is 18.9 Å². The molecule has 1 saturated carbocycles.